The number of ether oxygens (including phenoxy) is 1. The zero-order valence-corrected chi connectivity index (χ0v) is 18.6. The van der Waals surface area contributed by atoms with E-state index < -0.39 is 0 Å². The molecule has 1 fully saturated rings. The Hall–Kier alpha value is -3.08. The van der Waals surface area contributed by atoms with Crippen LogP contribution in [0.5, 0.6) is 0 Å². The van der Waals surface area contributed by atoms with Gasteiger partial charge in [0.2, 0.25) is 0 Å². The van der Waals surface area contributed by atoms with E-state index in [1.165, 1.54) is 23.1 Å². The van der Waals surface area contributed by atoms with Gasteiger partial charge in [0.05, 0.1) is 0 Å². The largest absolute Gasteiger partial charge is 0.478 e. The molecule has 162 valence electrons. The molecule has 2 heterocycles. The van der Waals surface area contributed by atoms with E-state index in [1.807, 2.05) is 24.1 Å². The number of aryl methyl sites for hydroxylation is 1. The molecule has 2 aliphatic rings. The van der Waals surface area contributed by atoms with Gasteiger partial charge in [0.15, 0.2) is 18.3 Å². The fraction of sp³-hybridized carbons (Fsp3) is 0.385. The molecule has 0 amide bonds. The summed E-state index contributed by atoms with van der Waals surface area (Å²) in [6.07, 6.45) is 3.88. The van der Waals surface area contributed by atoms with Crippen molar-refractivity contribution >= 4 is 17.3 Å². The number of nitrogens with zero attached hydrogens (tertiary/aromatic N) is 2. The lowest BCUT2D eigenvalue weighted by atomic mass is 9.83. The Morgan fingerprint density at radius 3 is 2.48 bits per heavy atom. The lowest BCUT2D eigenvalue weighted by Crippen LogP contribution is -2.33. The Bertz CT molecular complexity index is 1020. The first-order valence-corrected chi connectivity index (χ1v) is 10.9. The van der Waals surface area contributed by atoms with E-state index in [0.717, 1.165) is 31.5 Å². The molecular formula is C26H30N2O3. The molecule has 0 saturated carbocycles. The molecule has 2 aliphatic heterocycles. The predicted octanol–water partition coefficient (Wildman–Crippen LogP) is 4.45. The highest BCUT2D eigenvalue weighted by molar-refractivity contribution is 5.98. The minimum atomic E-state index is 0.0233. The van der Waals surface area contributed by atoms with Crippen molar-refractivity contribution in [3.05, 3.63) is 76.7 Å². The van der Waals surface area contributed by atoms with E-state index in [2.05, 4.69) is 42.2 Å². The molecule has 0 unspecified atom stereocenters. The average Bonchev–Trinajstić information content (AvgIpc) is 3.20. The van der Waals surface area contributed by atoms with Crippen molar-refractivity contribution < 1.29 is 14.3 Å². The van der Waals surface area contributed by atoms with E-state index >= 15 is 0 Å². The minimum absolute atomic E-state index is 0.0233. The van der Waals surface area contributed by atoms with Crippen LogP contribution in [0.4, 0.5) is 5.69 Å². The Morgan fingerprint density at radius 2 is 1.84 bits per heavy atom. The topological polar surface area (TPSA) is 49.9 Å². The summed E-state index contributed by atoms with van der Waals surface area (Å²) in [5, 5.41) is 0. The van der Waals surface area contributed by atoms with Crippen molar-refractivity contribution in [2.45, 2.75) is 39.0 Å². The van der Waals surface area contributed by atoms with Crippen molar-refractivity contribution in [3.63, 3.8) is 0 Å². The summed E-state index contributed by atoms with van der Waals surface area (Å²) >= 11 is 0. The highest BCUT2D eigenvalue weighted by Gasteiger charge is 2.26. The summed E-state index contributed by atoms with van der Waals surface area (Å²) < 4.78 is 5.28. The van der Waals surface area contributed by atoms with E-state index in [1.54, 1.807) is 6.92 Å². The second-order valence-corrected chi connectivity index (χ2v) is 8.61. The molecule has 0 N–H and O–H groups in total. The Kier molecular flexibility index (Phi) is 6.12. The number of carbonyl (C=O) groups is 2. The van der Waals surface area contributed by atoms with Gasteiger partial charge in [-0.3, -0.25) is 9.59 Å². The maximum Gasteiger partial charge on any atom is 0.186 e. The minimum Gasteiger partial charge on any atom is -0.478 e. The van der Waals surface area contributed by atoms with Crippen molar-refractivity contribution in [2.24, 2.45) is 0 Å². The molecule has 31 heavy (non-hydrogen) atoms. The van der Waals surface area contributed by atoms with Gasteiger partial charge in [0, 0.05) is 37.8 Å². The first-order chi connectivity index (χ1) is 14.9. The van der Waals surface area contributed by atoms with Crippen LogP contribution >= 0.6 is 0 Å². The van der Waals surface area contributed by atoms with Gasteiger partial charge in [-0.25, -0.2) is 0 Å². The fourth-order valence-electron chi connectivity index (χ4n) is 4.66. The normalized spacial score (nSPS) is 16.8. The van der Waals surface area contributed by atoms with Gasteiger partial charge in [-0.2, -0.15) is 0 Å². The lowest BCUT2D eigenvalue weighted by Gasteiger charge is -2.35. The van der Waals surface area contributed by atoms with Gasteiger partial charge in [0.25, 0.3) is 0 Å². The standard InChI is InChI=1S/C26H30N2O3/c1-18-6-4-5-7-24(18)28-12-10-20(11-13-28)23-9-8-21(19(2)29)14-22(23)15-26(30)25-16-31-17-27(25)3/h4-9,14,16,20H,10-13,15,17H2,1-3H3. The van der Waals surface area contributed by atoms with Crippen LogP contribution in [0.3, 0.4) is 0 Å². The summed E-state index contributed by atoms with van der Waals surface area (Å²) in [7, 11) is 1.85. The molecule has 5 heteroatoms. The monoisotopic (exact) mass is 418 g/mol. The summed E-state index contributed by atoms with van der Waals surface area (Å²) in [5.41, 5.74) is 6.02. The lowest BCUT2D eigenvalue weighted by molar-refractivity contribution is -0.116. The van der Waals surface area contributed by atoms with Crippen LogP contribution in [-0.4, -0.2) is 43.3 Å². The molecule has 4 rings (SSSR count). The Labute approximate surface area is 184 Å². The molecule has 2 aromatic rings. The third-order valence-electron chi connectivity index (χ3n) is 6.45. The number of hydrogen-bond acceptors (Lipinski definition) is 5. The Morgan fingerprint density at radius 1 is 1.10 bits per heavy atom. The molecule has 0 spiro atoms. The second-order valence-electron chi connectivity index (χ2n) is 8.61. The average molecular weight is 419 g/mol. The van der Waals surface area contributed by atoms with Gasteiger partial charge in [-0.1, -0.05) is 30.3 Å². The zero-order valence-electron chi connectivity index (χ0n) is 18.6. The SMILES string of the molecule is CC(=O)c1ccc(C2CCN(c3ccccc3C)CC2)c(CC(=O)C2=COCN2C)c1. The molecule has 5 nitrogen and oxygen atoms in total. The first kappa shape index (κ1) is 21.2. The summed E-state index contributed by atoms with van der Waals surface area (Å²) in [5.74, 6) is 0.435. The number of piperidine rings is 1. The molecule has 0 aliphatic carbocycles. The van der Waals surface area contributed by atoms with Gasteiger partial charge in [0.1, 0.15) is 12.0 Å². The Balaban J connectivity index is 1.54. The highest BCUT2D eigenvalue weighted by Crippen LogP contribution is 2.34. The summed E-state index contributed by atoms with van der Waals surface area (Å²) in [6.45, 7) is 6.10. The van der Waals surface area contributed by atoms with Crippen LogP contribution in [0.15, 0.2) is 54.4 Å². The van der Waals surface area contributed by atoms with Crippen LogP contribution in [0.2, 0.25) is 0 Å². The van der Waals surface area contributed by atoms with Crippen LogP contribution in [0.1, 0.15) is 52.7 Å². The van der Waals surface area contributed by atoms with E-state index in [-0.39, 0.29) is 18.0 Å². The fourth-order valence-corrected chi connectivity index (χ4v) is 4.66. The zero-order chi connectivity index (χ0) is 22.0. The second kappa shape index (κ2) is 8.96. The van der Waals surface area contributed by atoms with Crippen LogP contribution < -0.4 is 4.90 Å². The van der Waals surface area contributed by atoms with Gasteiger partial charge < -0.3 is 14.5 Å². The van der Waals surface area contributed by atoms with E-state index in [9.17, 15) is 9.59 Å². The number of likely N-dealkylation sites (N-methyl/N-ethyl adjacent to an activating group) is 1. The molecule has 0 radical (unpaired) electrons. The molecule has 0 aromatic heterocycles. The van der Waals surface area contributed by atoms with Crippen LogP contribution in [-0.2, 0) is 16.0 Å². The van der Waals surface area contributed by atoms with Crippen molar-refractivity contribution in [1.82, 2.24) is 4.90 Å². The van der Waals surface area contributed by atoms with Crippen molar-refractivity contribution in [2.75, 3.05) is 31.8 Å². The molecule has 2 aromatic carbocycles. The summed E-state index contributed by atoms with van der Waals surface area (Å²) in [4.78, 5) is 29.2. The maximum atomic E-state index is 12.9. The van der Waals surface area contributed by atoms with E-state index in [4.69, 9.17) is 4.74 Å². The van der Waals surface area contributed by atoms with Crippen LogP contribution in [0.25, 0.3) is 0 Å². The number of para-hydroxylation sites is 1. The number of rotatable bonds is 6. The van der Waals surface area contributed by atoms with Crippen molar-refractivity contribution in [3.8, 4) is 0 Å². The van der Waals surface area contributed by atoms with Gasteiger partial charge >= 0.3 is 0 Å². The third kappa shape index (κ3) is 4.50. The number of allylic oxidation sites excluding steroid dienone is 1. The number of anilines is 1. The smallest absolute Gasteiger partial charge is 0.186 e. The number of hydrogen-bond donors (Lipinski definition) is 0. The number of Topliss-reactive ketones (excluding diaryl/α,β-unsaturated/α-hetero) is 2. The maximum absolute atomic E-state index is 12.9. The molecule has 0 bridgehead atoms. The number of carbonyl (C=O) groups excluding carboxylic acids is 2. The van der Waals surface area contributed by atoms with Crippen molar-refractivity contribution in [1.29, 1.82) is 0 Å². The quantitative estimate of drug-likeness (QED) is 0.649. The van der Waals surface area contributed by atoms with Gasteiger partial charge in [-0.15, -0.1) is 0 Å². The third-order valence-corrected chi connectivity index (χ3v) is 6.45. The first-order valence-electron chi connectivity index (χ1n) is 10.9. The number of ketones is 2. The molecular weight excluding hydrogens is 388 g/mol. The summed E-state index contributed by atoms with van der Waals surface area (Å²) in [6, 6.07) is 14.4. The van der Waals surface area contributed by atoms with E-state index in [0.29, 0.717) is 23.9 Å². The molecule has 1 saturated heterocycles. The molecule has 0 atom stereocenters. The van der Waals surface area contributed by atoms with Crippen LogP contribution in [0, 0.1) is 6.92 Å². The number of benzene rings is 2. The highest BCUT2D eigenvalue weighted by atomic mass is 16.5. The van der Waals surface area contributed by atoms with Gasteiger partial charge in [-0.05, 0) is 61.4 Å². The predicted molar refractivity (Wildman–Crippen MR) is 122 cm³/mol.